The van der Waals surface area contributed by atoms with E-state index < -0.39 is 5.97 Å². The van der Waals surface area contributed by atoms with Gasteiger partial charge in [0.2, 0.25) is 0 Å². The van der Waals surface area contributed by atoms with E-state index in [9.17, 15) is 4.79 Å². The molecule has 0 spiro atoms. The lowest BCUT2D eigenvalue weighted by atomic mass is 9.99. The zero-order valence-electron chi connectivity index (χ0n) is 8.90. The first kappa shape index (κ1) is 11.5. The summed E-state index contributed by atoms with van der Waals surface area (Å²) in [5.41, 5.74) is 0. The zero-order chi connectivity index (χ0) is 10.6. The van der Waals surface area contributed by atoms with E-state index >= 15 is 0 Å². The van der Waals surface area contributed by atoms with Gasteiger partial charge in [0.25, 0.3) is 0 Å². The van der Waals surface area contributed by atoms with Gasteiger partial charge in [-0.3, -0.25) is 9.69 Å². The number of carboxylic acids is 1. The predicted molar refractivity (Wildman–Crippen MR) is 53.2 cm³/mol. The molecule has 0 unspecified atom stereocenters. The van der Waals surface area contributed by atoms with Gasteiger partial charge in [0.15, 0.2) is 0 Å². The third kappa shape index (κ3) is 3.27. The van der Waals surface area contributed by atoms with Gasteiger partial charge in [0.1, 0.15) is 0 Å². The van der Waals surface area contributed by atoms with E-state index in [1.165, 1.54) is 0 Å². The molecule has 1 aliphatic rings. The second-order valence-electron chi connectivity index (χ2n) is 3.98. The first-order valence-electron chi connectivity index (χ1n) is 5.15. The Hall–Kier alpha value is -0.610. The Morgan fingerprint density at radius 3 is 2.86 bits per heavy atom. The highest BCUT2D eigenvalue weighted by Gasteiger charge is 2.30. The van der Waals surface area contributed by atoms with Crippen molar-refractivity contribution in [3.8, 4) is 0 Å². The van der Waals surface area contributed by atoms with Crippen LogP contribution in [0, 0.1) is 11.8 Å². The smallest absolute Gasteiger partial charge is 0.317 e. The minimum absolute atomic E-state index is 0.160. The molecule has 1 N–H and O–H groups in total. The number of ether oxygens (including phenoxy) is 1. The average molecular weight is 201 g/mol. The molecule has 82 valence electrons. The molecule has 1 fully saturated rings. The van der Waals surface area contributed by atoms with Gasteiger partial charge >= 0.3 is 5.97 Å². The molecule has 0 saturated carbocycles. The summed E-state index contributed by atoms with van der Waals surface area (Å²) >= 11 is 0. The highest BCUT2D eigenvalue weighted by atomic mass is 16.5. The molecule has 0 bridgehead atoms. The lowest BCUT2D eigenvalue weighted by Crippen LogP contribution is -2.28. The summed E-state index contributed by atoms with van der Waals surface area (Å²) in [7, 11) is 0. The highest BCUT2D eigenvalue weighted by Crippen LogP contribution is 2.22. The lowest BCUT2D eigenvalue weighted by molar-refractivity contribution is -0.138. The monoisotopic (exact) mass is 201 g/mol. The Labute approximate surface area is 84.8 Å². The van der Waals surface area contributed by atoms with Gasteiger partial charge in [0, 0.05) is 19.7 Å². The van der Waals surface area contributed by atoms with Crippen LogP contribution in [0.2, 0.25) is 0 Å². The van der Waals surface area contributed by atoms with Gasteiger partial charge < -0.3 is 9.84 Å². The molecule has 0 aromatic carbocycles. The molecule has 0 amide bonds. The van der Waals surface area contributed by atoms with Crippen LogP contribution in [0.3, 0.4) is 0 Å². The van der Waals surface area contributed by atoms with E-state index in [-0.39, 0.29) is 6.54 Å². The molecule has 14 heavy (non-hydrogen) atoms. The van der Waals surface area contributed by atoms with Crippen molar-refractivity contribution < 1.29 is 14.6 Å². The topological polar surface area (TPSA) is 49.8 Å². The van der Waals surface area contributed by atoms with Crippen LogP contribution in [0.4, 0.5) is 0 Å². The molecule has 1 saturated heterocycles. The summed E-state index contributed by atoms with van der Waals surface area (Å²) in [6.45, 7) is 7.53. The van der Waals surface area contributed by atoms with E-state index in [0.717, 1.165) is 26.3 Å². The SMILES string of the molecule is CCOC[C@@H]1CN(CC(=O)O)C[C@@H]1C. The fraction of sp³-hybridized carbons (Fsp3) is 0.900. The number of hydrogen-bond donors (Lipinski definition) is 1. The first-order valence-corrected chi connectivity index (χ1v) is 5.15. The van der Waals surface area contributed by atoms with Crippen molar-refractivity contribution in [1.29, 1.82) is 0 Å². The second-order valence-corrected chi connectivity index (χ2v) is 3.98. The molecular weight excluding hydrogens is 182 g/mol. The Bertz CT molecular complexity index is 196. The van der Waals surface area contributed by atoms with Crippen LogP contribution < -0.4 is 0 Å². The first-order chi connectivity index (χ1) is 6.63. The largest absolute Gasteiger partial charge is 0.480 e. The molecule has 2 atom stereocenters. The van der Waals surface area contributed by atoms with Crippen LogP contribution in [0.15, 0.2) is 0 Å². The van der Waals surface area contributed by atoms with Crippen molar-refractivity contribution in [2.45, 2.75) is 13.8 Å². The standard InChI is InChI=1S/C10H19NO3/c1-3-14-7-9-5-11(4-8(9)2)6-10(12)13/h8-9H,3-7H2,1-2H3,(H,12,13)/t8-,9-/m0/s1. The number of hydrogen-bond acceptors (Lipinski definition) is 3. The molecule has 1 rings (SSSR count). The van der Waals surface area contributed by atoms with Gasteiger partial charge in [-0.25, -0.2) is 0 Å². The fourth-order valence-electron chi connectivity index (χ4n) is 1.95. The van der Waals surface area contributed by atoms with Gasteiger partial charge in [-0.05, 0) is 18.8 Å². The predicted octanol–water partition coefficient (Wildman–Crippen LogP) is 0.675. The molecule has 4 nitrogen and oxygen atoms in total. The summed E-state index contributed by atoms with van der Waals surface area (Å²) in [4.78, 5) is 12.5. The third-order valence-electron chi connectivity index (χ3n) is 2.74. The number of nitrogens with zero attached hydrogens (tertiary/aromatic N) is 1. The van der Waals surface area contributed by atoms with Crippen LogP contribution in [0.5, 0.6) is 0 Å². The summed E-state index contributed by atoms with van der Waals surface area (Å²) in [5.74, 6) is 0.296. The number of rotatable bonds is 5. The molecule has 1 aliphatic heterocycles. The van der Waals surface area contributed by atoms with Crippen molar-refractivity contribution in [2.75, 3.05) is 32.8 Å². The second kappa shape index (κ2) is 5.32. The Morgan fingerprint density at radius 1 is 1.57 bits per heavy atom. The van der Waals surface area contributed by atoms with Gasteiger partial charge in [0.05, 0.1) is 13.2 Å². The third-order valence-corrected chi connectivity index (χ3v) is 2.74. The van der Waals surface area contributed by atoms with Crippen molar-refractivity contribution in [3.63, 3.8) is 0 Å². The zero-order valence-corrected chi connectivity index (χ0v) is 8.90. The summed E-state index contributed by atoms with van der Waals surface area (Å²) in [6.07, 6.45) is 0. The lowest BCUT2D eigenvalue weighted by Gasteiger charge is -2.13. The molecule has 0 radical (unpaired) electrons. The van der Waals surface area contributed by atoms with E-state index in [2.05, 4.69) is 6.92 Å². The van der Waals surface area contributed by atoms with E-state index in [0.29, 0.717) is 11.8 Å². The minimum Gasteiger partial charge on any atom is -0.480 e. The Balaban J connectivity index is 2.31. The van der Waals surface area contributed by atoms with Gasteiger partial charge in [-0.2, -0.15) is 0 Å². The number of carboxylic acid groups (broad SMARTS) is 1. The Kier molecular flexibility index (Phi) is 4.35. The van der Waals surface area contributed by atoms with Crippen molar-refractivity contribution in [2.24, 2.45) is 11.8 Å². The fourth-order valence-corrected chi connectivity index (χ4v) is 1.95. The Morgan fingerprint density at radius 2 is 2.29 bits per heavy atom. The molecule has 1 heterocycles. The summed E-state index contributed by atoms with van der Waals surface area (Å²) < 4.78 is 5.37. The molecule has 4 heteroatoms. The van der Waals surface area contributed by atoms with Crippen LogP contribution >= 0.6 is 0 Å². The van der Waals surface area contributed by atoms with E-state index in [1.807, 2.05) is 11.8 Å². The van der Waals surface area contributed by atoms with Gasteiger partial charge in [-0.1, -0.05) is 6.92 Å². The van der Waals surface area contributed by atoms with E-state index in [1.54, 1.807) is 0 Å². The van der Waals surface area contributed by atoms with Crippen molar-refractivity contribution >= 4 is 5.97 Å². The summed E-state index contributed by atoms with van der Waals surface area (Å²) in [5, 5.41) is 8.65. The molecule has 0 aromatic heterocycles. The van der Waals surface area contributed by atoms with Crippen LogP contribution in [0.1, 0.15) is 13.8 Å². The van der Waals surface area contributed by atoms with Crippen LogP contribution in [-0.2, 0) is 9.53 Å². The summed E-state index contributed by atoms with van der Waals surface area (Å²) in [6, 6.07) is 0. The van der Waals surface area contributed by atoms with E-state index in [4.69, 9.17) is 9.84 Å². The number of likely N-dealkylation sites (tertiary alicyclic amines) is 1. The van der Waals surface area contributed by atoms with Crippen molar-refractivity contribution in [3.05, 3.63) is 0 Å². The normalized spacial score (nSPS) is 28.1. The molecule has 0 aliphatic carbocycles. The maximum atomic E-state index is 10.5. The highest BCUT2D eigenvalue weighted by molar-refractivity contribution is 5.69. The van der Waals surface area contributed by atoms with Gasteiger partial charge in [-0.15, -0.1) is 0 Å². The number of carbonyl (C=O) groups is 1. The number of aliphatic carboxylic acids is 1. The average Bonchev–Trinajstić information content (AvgIpc) is 2.41. The van der Waals surface area contributed by atoms with Crippen LogP contribution in [-0.4, -0.2) is 48.8 Å². The minimum atomic E-state index is -0.741. The quantitative estimate of drug-likeness (QED) is 0.710. The maximum Gasteiger partial charge on any atom is 0.317 e. The molecule has 0 aromatic rings. The van der Waals surface area contributed by atoms with Crippen LogP contribution in [0.25, 0.3) is 0 Å². The maximum absolute atomic E-state index is 10.5. The van der Waals surface area contributed by atoms with Crippen molar-refractivity contribution in [1.82, 2.24) is 4.90 Å². The molecular formula is C10H19NO3.